The lowest BCUT2D eigenvalue weighted by Gasteiger charge is -2.28. The van der Waals surface area contributed by atoms with Gasteiger partial charge in [-0.25, -0.2) is 8.42 Å². The lowest BCUT2D eigenvalue weighted by molar-refractivity contribution is 0.207. The Hall–Kier alpha value is -3.09. The summed E-state index contributed by atoms with van der Waals surface area (Å²) in [5.41, 5.74) is 4.62. The molecule has 39 heavy (non-hydrogen) atoms. The van der Waals surface area contributed by atoms with Gasteiger partial charge in [0.1, 0.15) is 10.6 Å². The zero-order valence-corrected chi connectivity index (χ0v) is 24.4. The Morgan fingerprint density at radius 3 is 2.49 bits per heavy atom. The number of ether oxygens (including phenoxy) is 1. The van der Waals surface area contributed by atoms with E-state index in [1.54, 1.807) is 24.3 Å². The van der Waals surface area contributed by atoms with Crippen molar-refractivity contribution in [1.82, 2.24) is 9.47 Å². The summed E-state index contributed by atoms with van der Waals surface area (Å²) >= 11 is 0. The van der Waals surface area contributed by atoms with Gasteiger partial charge in [0.05, 0.1) is 22.4 Å². The summed E-state index contributed by atoms with van der Waals surface area (Å²) in [7, 11) is 0.419. The van der Waals surface area contributed by atoms with Crippen molar-refractivity contribution < 1.29 is 13.2 Å². The number of nitrogens with zero attached hydrogens (tertiary/aromatic N) is 2. The number of aromatic nitrogens is 1. The van der Waals surface area contributed by atoms with Crippen molar-refractivity contribution in [2.75, 3.05) is 20.2 Å². The summed E-state index contributed by atoms with van der Waals surface area (Å²) in [5, 5.41) is 0.679. The second kappa shape index (κ2) is 11.6. The van der Waals surface area contributed by atoms with Crippen LogP contribution in [0.3, 0.4) is 0 Å². The first kappa shape index (κ1) is 27.5. The zero-order chi connectivity index (χ0) is 27.6. The van der Waals surface area contributed by atoms with Gasteiger partial charge in [-0.2, -0.15) is 0 Å². The maximum atomic E-state index is 14.0. The first-order valence-corrected chi connectivity index (χ1v) is 15.6. The second-order valence-corrected chi connectivity index (χ2v) is 12.9. The molecule has 0 saturated carbocycles. The van der Waals surface area contributed by atoms with E-state index in [1.807, 2.05) is 49.7 Å². The monoisotopic (exact) mass is 544 g/mol. The molecule has 0 bridgehead atoms. The summed E-state index contributed by atoms with van der Waals surface area (Å²) in [6.07, 6.45) is 5.69. The molecule has 0 spiro atoms. The van der Waals surface area contributed by atoms with Gasteiger partial charge in [-0.3, -0.25) is 4.90 Å². The van der Waals surface area contributed by atoms with E-state index in [2.05, 4.69) is 36.2 Å². The molecule has 1 aliphatic rings. The van der Waals surface area contributed by atoms with Crippen LogP contribution < -0.4 is 4.74 Å². The zero-order valence-electron chi connectivity index (χ0n) is 23.6. The molecule has 5 rings (SSSR count). The van der Waals surface area contributed by atoms with Gasteiger partial charge in [-0.15, -0.1) is 0 Å². The van der Waals surface area contributed by atoms with Gasteiger partial charge in [-0.1, -0.05) is 68.8 Å². The smallest absolute Gasteiger partial charge is 0.209 e. The third kappa shape index (κ3) is 5.37. The maximum absolute atomic E-state index is 14.0. The summed E-state index contributed by atoms with van der Waals surface area (Å²) in [4.78, 5) is 3.13. The molecule has 0 saturated heterocycles. The van der Waals surface area contributed by atoms with Crippen LogP contribution >= 0.6 is 0 Å². The van der Waals surface area contributed by atoms with Crippen LogP contribution in [-0.4, -0.2) is 38.1 Å². The van der Waals surface area contributed by atoms with Crippen molar-refractivity contribution >= 4 is 20.7 Å². The maximum Gasteiger partial charge on any atom is 0.209 e. The van der Waals surface area contributed by atoms with Gasteiger partial charge in [0.2, 0.25) is 9.84 Å². The number of rotatable bonds is 9. The Labute approximate surface area is 233 Å². The molecule has 0 amide bonds. The fourth-order valence-electron chi connectivity index (χ4n) is 6.20. The van der Waals surface area contributed by atoms with Crippen molar-refractivity contribution in [3.8, 4) is 5.75 Å². The molecule has 3 aromatic carbocycles. The quantitative estimate of drug-likeness (QED) is 0.164. The predicted octanol–water partition coefficient (Wildman–Crippen LogP) is 7.30. The van der Waals surface area contributed by atoms with E-state index in [0.717, 1.165) is 30.6 Å². The number of fused-ring (bicyclic) bond motifs is 2. The van der Waals surface area contributed by atoms with Crippen LogP contribution in [0.5, 0.6) is 5.75 Å². The molecule has 1 atom stereocenters. The third-order valence-corrected chi connectivity index (χ3v) is 9.93. The Kier molecular flexibility index (Phi) is 8.15. The average molecular weight is 545 g/mol. The third-order valence-electron chi connectivity index (χ3n) is 8.09. The molecular weight excluding hydrogens is 504 g/mol. The Morgan fingerprint density at radius 2 is 1.72 bits per heavy atom. The highest BCUT2D eigenvalue weighted by atomic mass is 32.2. The number of hydrogen-bond donors (Lipinski definition) is 0. The van der Waals surface area contributed by atoms with Crippen LogP contribution in [-0.2, 0) is 23.3 Å². The Balaban J connectivity index is 1.40. The van der Waals surface area contributed by atoms with Crippen molar-refractivity contribution in [2.45, 2.75) is 67.7 Å². The first-order valence-electron chi connectivity index (χ1n) is 14.1. The van der Waals surface area contributed by atoms with Gasteiger partial charge in [-0.05, 0) is 74.0 Å². The highest BCUT2D eigenvalue weighted by Gasteiger charge is 2.31. The Morgan fingerprint density at radius 1 is 0.974 bits per heavy atom. The molecule has 0 aliphatic heterocycles. The minimum atomic E-state index is -3.74. The van der Waals surface area contributed by atoms with Crippen molar-refractivity contribution in [3.63, 3.8) is 0 Å². The molecule has 0 N–H and O–H groups in total. The molecule has 0 radical (unpaired) electrons. The van der Waals surface area contributed by atoms with Gasteiger partial charge in [0, 0.05) is 25.3 Å². The molecule has 206 valence electrons. The Bertz CT molecular complexity index is 1540. The van der Waals surface area contributed by atoms with Gasteiger partial charge < -0.3 is 9.30 Å². The molecule has 1 aromatic heterocycles. The minimum absolute atomic E-state index is 0.0276. The van der Waals surface area contributed by atoms with Crippen LogP contribution in [0.1, 0.15) is 68.3 Å². The summed E-state index contributed by atoms with van der Waals surface area (Å²) < 4.78 is 36.4. The lowest BCUT2D eigenvalue weighted by Crippen LogP contribution is -2.27. The average Bonchev–Trinajstić information content (AvgIpc) is 3.10. The van der Waals surface area contributed by atoms with E-state index in [0.29, 0.717) is 33.6 Å². The topological polar surface area (TPSA) is 51.5 Å². The van der Waals surface area contributed by atoms with Crippen LogP contribution in [0.15, 0.2) is 82.6 Å². The van der Waals surface area contributed by atoms with Crippen molar-refractivity contribution in [2.24, 2.45) is 7.05 Å². The number of benzene rings is 3. The van der Waals surface area contributed by atoms with E-state index in [1.165, 1.54) is 30.4 Å². The van der Waals surface area contributed by atoms with Gasteiger partial charge >= 0.3 is 0 Å². The lowest BCUT2D eigenvalue weighted by atomic mass is 9.98. The highest BCUT2D eigenvalue weighted by molar-refractivity contribution is 7.91. The van der Waals surface area contributed by atoms with Crippen molar-refractivity contribution in [3.05, 3.63) is 89.6 Å². The predicted molar refractivity (Wildman–Crippen MR) is 158 cm³/mol. The van der Waals surface area contributed by atoms with Crippen LogP contribution in [0.2, 0.25) is 0 Å². The largest absolute Gasteiger partial charge is 0.493 e. The van der Waals surface area contributed by atoms with E-state index in [9.17, 15) is 8.42 Å². The molecule has 1 heterocycles. The fourth-order valence-corrected chi connectivity index (χ4v) is 8.08. The van der Waals surface area contributed by atoms with Crippen LogP contribution in [0.4, 0.5) is 0 Å². The molecule has 5 nitrogen and oxygen atoms in total. The first-order chi connectivity index (χ1) is 18.8. The number of sulfone groups is 1. The standard InChI is InChI=1S/C33H40N2O3S/c1-24(2)32-33(39(36,37)26-16-6-5-7-17-26)31-29(35(32)4)20-12-21-30(31)38-23-13-22-34(3)28-19-11-9-15-25-14-8-10-18-27(25)28/h5-8,10,12,14,16-18,20-21,24,28H,9,11,13,15,19,22-23H2,1-4H3. The molecule has 1 aliphatic carbocycles. The number of hydrogen-bond acceptors (Lipinski definition) is 4. The van der Waals surface area contributed by atoms with Gasteiger partial charge in [0.15, 0.2) is 0 Å². The second-order valence-electron chi connectivity index (χ2n) is 11.0. The summed E-state index contributed by atoms with van der Waals surface area (Å²) in [5.74, 6) is 0.659. The van der Waals surface area contributed by atoms with E-state index in [4.69, 9.17) is 4.74 Å². The highest BCUT2D eigenvalue weighted by Crippen LogP contribution is 2.41. The van der Waals surface area contributed by atoms with E-state index < -0.39 is 9.84 Å². The minimum Gasteiger partial charge on any atom is -0.493 e. The van der Waals surface area contributed by atoms with E-state index >= 15 is 0 Å². The molecule has 0 fully saturated rings. The summed E-state index contributed by atoms with van der Waals surface area (Å²) in [6.45, 7) is 5.52. The molecule has 6 heteroatoms. The van der Waals surface area contributed by atoms with Crippen molar-refractivity contribution in [1.29, 1.82) is 0 Å². The molecule has 4 aromatic rings. The molecular formula is C33H40N2O3S. The summed E-state index contributed by atoms with van der Waals surface area (Å²) in [6, 6.07) is 23.9. The SMILES string of the molecule is CC(C)c1c(S(=O)(=O)c2ccccc2)c2c(OCCCN(C)C3CCCCc4ccccc43)cccc2n1C. The van der Waals surface area contributed by atoms with Crippen LogP contribution in [0, 0.1) is 0 Å². The van der Waals surface area contributed by atoms with E-state index in [-0.39, 0.29) is 5.92 Å². The normalized spacial score (nSPS) is 16.0. The van der Waals surface area contributed by atoms with Gasteiger partial charge in [0.25, 0.3) is 0 Å². The molecule has 1 unspecified atom stereocenters. The van der Waals surface area contributed by atoms with Crippen LogP contribution in [0.25, 0.3) is 10.9 Å². The fraction of sp³-hybridized carbons (Fsp3) is 0.394. The number of aryl methyl sites for hydroxylation is 2.